The third kappa shape index (κ3) is 22.9. The van der Waals surface area contributed by atoms with E-state index >= 15 is 0 Å². The number of H-pyrrole nitrogens is 2. The number of pyridine rings is 4. The van der Waals surface area contributed by atoms with Crippen molar-refractivity contribution < 1.29 is 9.59 Å². The standard InChI is InChI=1S/C18H23N3S2.C15H23ClN2S.C15H24N2OS.C15H24N2S2.C14H24OS2.C11H20O/c1-5-18(2,3)10-6-7-12-11(8-10)16(22-4)14-15(20)13(9-19)23-17(14)21-12;1-5-15(2,3)9-6-7-11-10(8-9)13(19-4)12(17)14(16)18-11;2*1-5-15(2,3)9-6-7-11-10(8-9)13(19-4)12(16)14(18)17-11;1-6-14(2,3)10-7-8-12(15)11(9-10)13(16-4)17-5;1-4-11(2,3)9-5-7-10(12)8-6-9/h10H,5-8,20H2,1-4H3;9H,5-8,17H2,1-4H3;2*9H,5-8,16H2,1-4H3,(H,17,18);10H,6-9H2,1-5H3;9H,4-8H2,1-3H3. The molecule has 0 radical (unpaired) electrons. The van der Waals surface area contributed by atoms with Crippen LogP contribution in [0.1, 0.15) is 284 Å². The molecule has 21 heteroatoms. The van der Waals surface area contributed by atoms with Gasteiger partial charge in [0.1, 0.15) is 31.9 Å². The predicted octanol–water partition coefficient (Wildman–Crippen LogP) is 25.3. The number of nitrogens with one attached hydrogen (secondary N) is 2. The Morgan fingerprint density at radius 3 is 1.26 bits per heavy atom. The molecule has 0 aliphatic heterocycles. The van der Waals surface area contributed by atoms with Crippen molar-refractivity contribution in [2.24, 2.45) is 68.0 Å². The number of halogens is 1. The van der Waals surface area contributed by atoms with Crippen LogP contribution < -0.4 is 28.5 Å². The van der Waals surface area contributed by atoms with Crippen molar-refractivity contribution in [2.75, 3.05) is 60.5 Å². The molecule has 2 fully saturated rings. The number of nitriles is 1. The number of aromatic nitrogens is 4. The fraction of sp³-hybridized carbons (Fsp3) is 0.693. The van der Waals surface area contributed by atoms with E-state index in [0.717, 1.165) is 157 Å². The minimum Gasteiger partial charge on any atom is -0.396 e. The van der Waals surface area contributed by atoms with Crippen molar-refractivity contribution in [1.82, 2.24) is 19.9 Å². The van der Waals surface area contributed by atoms with E-state index in [1.807, 2.05) is 6.26 Å². The molecule has 5 aromatic rings. The van der Waals surface area contributed by atoms with Crippen LogP contribution in [0.25, 0.3) is 10.2 Å². The lowest BCUT2D eigenvalue weighted by Crippen LogP contribution is -2.31. The van der Waals surface area contributed by atoms with E-state index in [4.69, 9.17) is 51.7 Å². The number of ketones is 2. The second kappa shape index (κ2) is 41.0. The van der Waals surface area contributed by atoms with Crippen molar-refractivity contribution in [3.05, 3.63) is 79.9 Å². The fourth-order valence-corrected chi connectivity index (χ4v) is 23.0. The maximum atomic E-state index is 12.0. The molecule has 6 aliphatic rings. The van der Waals surface area contributed by atoms with Gasteiger partial charge in [0.25, 0.3) is 5.56 Å². The van der Waals surface area contributed by atoms with E-state index in [1.165, 1.54) is 117 Å². The number of allylic oxidation sites excluding steroid dienone is 1. The van der Waals surface area contributed by atoms with Gasteiger partial charge in [-0.15, -0.1) is 81.9 Å². The molecule has 5 aromatic heterocycles. The average Bonchev–Trinajstić information content (AvgIpc) is 1.69. The number of thioether (sulfide) groups is 6. The average molecular weight is 1660 g/mol. The Morgan fingerprint density at radius 1 is 0.477 bits per heavy atom. The lowest BCUT2D eigenvalue weighted by Gasteiger charge is -2.37. The van der Waals surface area contributed by atoms with E-state index < -0.39 is 0 Å². The number of aromatic amines is 2. The molecule has 608 valence electrons. The predicted molar refractivity (Wildman–Crippen MR) is 487 cm³/mol. The summed E-state index contributed by atoms with van der Waals surface area (Å²) in [7, 11) is 0. The Labute approximate surface area is 698 Å². The summed E-state index contributed by atoms with van der Waals surface area (Å²) in [5.74, 6) is 5.08. The smallest absolute Gasteiger partial charge is 0.272 e. The molecule has 0 amide bonds. The van der Waals surface area contributed by atoms with Crippen LogP contribution in [0.5, 0.6) is 0 Å². The Bertz CT molecular complexity index is 4050. The van der Waals surface area contributed by atoms with Gasteiger partial charge in [0, 0.05) is 76.8 Å². The SMILES string of the molecule is CCC(C)(C)C1CCC(=O)C(=C(SC)SC)C1.CCC(C)(C)C1CCC(=O)CC1.CCC(C)(C)C1CCc2[nH]c(=O)c(N)c(SC)c2C1.CCC(C)(C)C1CCc2[nH]c(=S)c(N)c(SC)c2C1.CCC(C)(C)C1CCc2nc(Cl)c(N)c(SC)c2C1.CCC(C)(C)C1CCc2nc3sc(C#N)c(N)c3c(SC)c2C1. The van der Waals surface area contributed by atoms with E-state index in [9.17, 15) is 19.6 Å². The molecule has 0 saturated heterocycles. The van der Waals surface area contributed by atoms with Crippen LogP contribution in [0.3, 0.4) is 0 Å². The second-order valence-corrected chi connectivity index (χ2v) is 42.3. The van der Waals surface area contributed by atoms with Gasteiger partial charge in [0.2, 0.25) is 0 Å². The van der Waals surface area contributed by atoms with Crippen LogP contribution in [0.2, 0.25) is 5.15 Å². The highest BCUT2D eigenvalue weighted by Crippen LogP contribution is 2.51. The van der Waals surface area contributed by atoms with Gasteiger partial charge in [-0.25, -0.2) is 9.97 Å². The molecule has 12 nitrogen and oxygen atoms in total. The topological polar surface area (TPSA) is 236 Å². The number of nitrogens with zero attached hydrogens (tertiary/aromatic N) is 3. The number of nitrogen functional groups attached to an aromatic ring is 4. The minimum absolute atomic E-state index is 0.128. The van der Waals surface area contributed by atoms with E-state index in [0.29, 0.717) is 99.5 Å². The lowest BCUT2D eigenvalue weighted by atomic mass is 9.68. The number of carbonyl (C=O) groups excluding carboxylic acids is 2. The molecule has 11 rings (SSSR count). The first-order valence-corrected chi connectivity index (χ1v) is 49.3. The van der Waals surface area contributed by atoms with Gasteiger partial charge in [-0.1, -0.05) is 187 Å². The Hall–Kier alpha value is -3.26. The molecule has 5 unspecified atom stereocenters. The molecule has 0 aromatic carbocycles. The first-order chi connectivity index (χ1) is 51.1. The Morgan fingerprint density at radius 2 is 0.835 bits per heavy atom. The molecule has 10 N–H and O–H groups in total. The van der Waals surface area contributed by atoms with Gasteiger partial charge < -0.3 is 32.9 Å². The van der Waals surface area contributed by atoms with E-state index in [2.05, 4.69) is 177 Å². The molecular weight excluding hydrogens is 1520 g/mol. The van der Waals surface area contributed by atoms with Gasteiger partial charge in [-0.2, -0.15) is 5.26 Å². The van der Waals surface area contributed by atoms with E-state index in [1.54, 1.807) is 70.6 Å². The number of aryl methyl sites for hydroxylation is 4. The summed E-state index contributed by atoms with van der Waals surface area (Å²) < 4.78 is 1.93. The number of thiophene rings is 1. The van der Waals surface area contributed by atoms with Crippen molar-refractivity contribution >= 4 is 150 Å². The number of hydrogen-bond donors (Lipinski definition) is 6. The number of carbonyl (C=O) groups is 2. The van der Waals surface area contributed by atoms with Gasteiger partial charge >= 0.3 is 0 Å². The fourth-order valence-electron chi connectivity index (χ4n) is 16.8. The van der Waals surface area contributed by atoms with Crippen LogP contribution in [-0.2, 0) is 61.0 Å². The summed E-state index contributed by atoms with van der Waals surface area (Å²) in [6, 6.07) is 2.21. The van der Waals surface area contributed by atoms with E-state index in [-0.39, 0.29) is 5.56 Å². The third-order valence-corrected chi connectivity index (χ3v) is 34.9. The van der Waals surface area contributed by atoms with Crippen molar-refractivity contribution in [2.45, 2.75) is 305 Å². The highest BCUT2D eigenvalue weighted by Gasteiger charge is 2.40. The number of nitrogens with two attached hydrogens (primary N) is 4. The molecule has 0 bridgehead atoms. The molecule has 5 heterocycles. The zero-order valence-corrected chi connectivity index (χ0v) is 78.4. The van der Waals surface area contributed by atoms with Crippen molar-refractivity contribution in [3.63, 3.8) is 0 Å². The molecule has 6 aliphatic carbocycles. The largest absolute Gasteiger partial charge is 0.396 e. The third-order valence-electron chi connectivity index (χ3n) is 27.5. The van der Waals surface area contributed by atoms with Crippen molar-refractivity contribution in [3.8, 4) is 6.07 Å². The second-order valence-electron chi connectivity index (χ2n) is 35.4. The zero-order valence-electron chi connectivity index (χ0n) is 71.2. The Kier molecular flexibility index (Phi) is 35.6. The van der Waals surface area contributed by atoms with Crippen LogP contribution >= 0.6 is 106 Å². The van der Waals surface area contributed by atoms with Gasteiger partial charge in [-0.05, 0) is 231 Å². The van der Waals surface area contributed by atoms with Crippen LogP contribution in [0.15, 0.2) is 34.2 Å². The first kappa shape index (κ1) is 94.6. The van der Waals surface area contributed by atoms with Gasteiger partial charge in [0.15, 0.2) is 10.9 Å². The quantitative estimate of drug-likeness (QED) is 0.0207. The molecule has 109 heavy (non-hydrogen) atoms. The summed E-state index contributed by atoms with van der Waals surface area (Å²) in [5.41, 5.74) is 40.3. The van der Waals surface area contributed by atoms with Gasteiger partial charge in [-0.3, -0.25) is 14.4 Å². The van der Waals surface area contributed by atoms with Crippen LogP contribution in [-0.4, -0.2) is 69.0 Å². The highest BCUT2D eigenvalue weighted by atomic mass is 35.5. The monoisotopic (exact) mass is 1660 g/mol. The van der Waals surface area contributed by atoms with Crippen LogP contribution in [0.4, 0.5) is 22.7 Å². The zero-order chi connectivity index (χ0) is 81.6. The highest BCUT2D eigenvalue weighted by molar-refractivity contribution is 8.21. The number of anilines is 4. The lowest BCUT2D eigenvalue weighted by molar-refractivity contribution is -0.121. The van der Waals surface area contributed by atoms with Gasteiger partial charge in [0.05, 0.1) is 17.1 Å². The van der Waals surface area contributed by atoms with Crippen molar-refractivity contribution in [1.29, 1.82) is 5.26 Å². The summed E-state index contributed by atoms with van der Waals surface area (Å²) in [4.78, 5) is 56.6. The summed E-state index contributed by atoms with van der Waals surface area (Å²) in [6.07, 6.45) is 39.6. The number of hydrogen-bond acceptors (Lipinski definition) is 18. The molecule has 0 spiro atoms. The first-order valence-electron chi connectivity index (χ1n) is 40.3. The number of rotatable bonds is 18. The summed E-state index contributed by atoms with van der Waals surface area (Å²) in [5, 5.41) is 10.8. The maximum Gasteiger partial charge on any atom is 0.272 e. The summed E-state index contributed by atoms with van der Waals surface area (Å²) >= 11 is 23.1. The normalized spacial score (nSPS) is 19.6. The Balaban J connectivity index is 0.000000206. The summed E-state index contributed by atoms with van der Waals surface area (Å²) in [6.45, 7) is 41.9. The number of Topliss-reactive ketones (excluding diaryl/α,β-unsaturated/α-hetero) is 2. The maximum absolute atomic E-state index is 12.0. The number of fused-ring (bicyclic) bond motifs is 5. The molecular formula is C88H138ClN9O3S8. The minimum atomic E-state index is -0.128. The van der Waals surface area contributed by atoms with Crippen LogP contribution in [0, 0.1) is 84.0 Å². The molecule has 5 atom stereocenters. The molecule has 2 saturated carbocycles.